The second-order valence-electron chi connectivity index (χ2n) is 7.84. The van der Waals surface area contributed by atoms with Crippen LogP contribution in [-0.2, 0) is 6.18 Å². The van der Waals surface area contributed by atoms with Crippen LogP contribution >= 0.6 is 0 Å². The van der Waals surface area contributed by atoms with E-state index in [1.165, 1.54) is 12.1 Å². The van der Waals surface area contributed by atoms with Crippen molar-refractivity contribution in [2.75, 3.05) is 44.6 Å². The lowest BCUT2D eigenvalue weighted by Gasteiger charge is -2.27. The number of fused-ring (bicyclic) bond motifs is 1. The third-order valence-electron chi connectivity index (χ3n) is 5.51. The zero-order valence-electron chi connectivity index (χ0n) is 18.4. The molecule has 1 aliphatic heterocycles. The fourth-order valence-corrected chi connectivity index (χ4v) is 3.71. The van der Waals surface area contributed by atoms with Crippen LogP contribution in [0, 0.1) is 5.41 Å². The lowest BCUT2D eigenvalue weighted by atomic mass is 10.0. The van der Waals surface area contributed by atoms with E-state index in [-0.39, 0.29) is 17.0 Å². The summed E-state index contributed by atoms with van der Waals surface area (Å²) in [5.41, 5.74) is 6.83. The zero-order chi connectivity index (χ0) is 24.1. The predicted octanol–water partition coefficient (Wildman–Crippen LogP) is 2.73. The molecule has 0 saturated carbocycles. The first-order valence-corrected chi connectivity index (χ1v) is 10.8. The molecule has 0 bridgehead atoms. The van der Waals surface area contributed by atoms with Crippen molar-refractivity contribution in [3.8, 4) is 0 Å². The summed E-state index contributed by atoms with van der Waals surface area (Å²) in [5, 5.41) is 15.1. The normalized spacial score (nSPS) is 15.4. The molecule has 1 fully saturated rings. The summed E-state index contributed by atoms with van der Waals surface area (Å²) in [4.78, 5) is 14.9. The van der Waals surface area contributed by atoms with Gasteiger partial charge in [0.05, 0.1) is 40.0 Å². The molecule has 1 saturated heterocycles. The maximum absolute atomic E-state index is 13.0. The topological polar surface area (TPSA) is 116 Å². The fourth-order valence-electron chi connectivity index (χ4n) is 3.71. The largest absolute Gasteiger partial charge is 0.433 e. The Kier molecular flexibility index (Phi) is 7.03. The van der Waals surface area contributed by atoms with Crippen LogP contribution in [0.15, 0.2) is 48.8 Å². The van der Waals surface area contributed by atoms with Crippen LogP contribution in [0.2, 0.25) is 0 Å². The molecule has 8 nitrogen and oxygen atoms in total. The molecule has 34 heavy (non-hydrogen) atoms. The predicted molar refractivity (Wildman–Crippen MR) is 126 cm³/mol. The monoisotopic (exact) mass is 470 g/mol. The zero-order valence-corrected chi connectivity index (χ0v) is 18.4. The van der Waals surface area contributed by atoms with E-state index >= 15 is 0 Å². The minimum atomic E-state index is -4.61. The molecule has 0 atom stereocenters. The molecule has 3 aromatic rings. The number of allylic oxidation sites excluding steroid dienone is 1. The van der Waals surface area contributed by atoms with Crippen molar-refractivity contribution in [1.82, 2.24) is 25.2 Å². The van der Waals surface area contributed by atoms with Gasteiger partial charge in [-0.1, -0.05) is 6.07 Å². The van der Waals surface area contributed by atoms with Gasteiger partial charge in [0.2, 0.25) is 0 Å². The molecule has 11 heteroatoms. The van der Waals surface area contributed by atoms with Crippen molar-refractivity contribution in [2.24, 2.45) is 5.73 Å². The number of alkyl halides is 3. The van der Waals surface area contributed by atoms with Gasteiger partial charge >= 0.3 is 6.18 Å². The van der Waals surface area contributed by atoms with Gasteiger partial charge in [0.25, 0.3) is 0 Å². The Morgan fingerprint density at radius 3 is 2.65 bits per heavy atom. The van der Waals surface area contributed by atoms with E-state index in [1.807, 2.05) is 6.07 Å². The first-order valence-electron chi connectivity index (χ1n) is 10.8. The van der Waals surface area contributed by atoms with Crippen LogP contribution in [0.3, 0.4) is 0 Å². The first kappa shape index (κ1) is 23.6. The number of rotatable bonds is 7. The van der Waals surface area contributed by atoms with Crippen molar-refractivity contribution in [3.05, 3.63) is 65.9 Å². The molecule has 0 aliphatic carbocycles. The van der Waals surface area contributed by atoms with Gasteiger partial charge in [-0.15, -0.1) is 0 Å². The highest BCUT2D eigenvalue weighted by atomic mass is 19.4. The molecule has 4 rings (SSSR count). The lowest BCUT2D eigenvalue weighted by molar-refractivity contribution is -0.141. The number of piperazine rings is 1. The number of hydrogen-bond donors (Lipinski definition) is 4. The molecule has 1 aliphatic rings. The van der Waals surface area contributed by atoms with Gasteiger partial charge in [-0.3, -0.25) is 15.3 Å². The summed E-state index contributed by atoms with van der Waals surface area (Å²) in [6, 6.07) is 8.63. The minimum Gasteiger partial charge on any atom is -0.404 e. The maximum Gasteiger partial charge on any atom is 0.433 e. The van der Waals surface area contributed by atoms with Gasteiger partial charge in [-0.2, -0.15) is 13.2 Å². The van der Waals surface area contributed by atoms with Crippen LogP contribution in [0.1, 0.15) is 17.1 Å². The van der Waals surface area contributed by atoms with E-state index in [0.29, 0.717) is 16.7 Å². The summed E-state index contributed by atoms with van der Waals surface area (Å²) in [6.45, 7) is 5.69. The Bertz CT molecular complexity index is 1200. The highest BCUT2D eigenvalue weighted by Gasteiger charge is 2.33. The minimum absolute atomic E-state index is 0.144. The van der Waals surface area contributed by atoms with Crippen LogP contribution in [0.4, 0.5) is 18.9 Å². The SMILES string of the molecule is N=C(/C(=C\N)c1ccc2ncc(NCCN3CCNCC3)cc2n1)c1cccc(C(F)(F)F)n1. The van der Waals surface area contributed by atoms with Crippen molar-refractivity contribution >= 4 is 28.0 Å². The number of nitrogens with two attached hydrogens (primary N) is 1. The molecular formula is C23H25F3N8. The molecule has 178 valence electrons. The Morgan fingerprint density at radius 2 is 1.91 bits per heavy atom. The molecule has 0 aromatic carbocycles. The summed E-state index contributed by atoms with van der Waals surface area (Å²) in [7, 11) is 0. The summed E-state index contributed by atoms with van der Waals surface area (Å²) in [6.07, 6.45) is -1.72. The second kappa shape index (κ2) is 10.1. The number of hydrogen-bond acceptors (Lipinski definition) is 8. The number of halogens is 3. The standard InChI is InChI=1S/C23H25F3N8/c24-23(25,26)21-3-1-2-19(33-21)22(28)16(13-27)17-4-5-18-20(32-17)12-15(14-31-18)30-8-11-34-9-6-29-7-10-34/h1-5,12-14,28-30H,6-11,27H2/b16-13-,28-22?. The Labute approximate surface area is 194 Å². The van der Waals surface area contributed by atoms with Crippen molar-refractivity contribution in [3.63, 3.8) is 0 Å². The lowest BCUT2D eigenvalue weighted by Crippen LogP contribution is -2.45. The van der Waals surface area contributed by atoms with Gasteiger partial charge in [0.15, 0.2) is 0 Å². The van der Waals surface area contributed by atoms with Crippen molar-refractivity contribution < 1.29 is 13.2 Å². The first-order chi connectivity index (χ1) is 16.3. The fraction of sp³-hybridized carbons (Fsp3) is 0.304. The number of aromatic nitrogens is 3. The molecule has 5 N–H and O–H groups in total. The van der Waals surface area contributed by atoms with Gasteiger partial charge in [-0.25, -0.2) is 9.97 Å². The van der Waals surface area contributed by atoms with E-state index in [4.69, 9.17) is 11.1 Å². The molecule has 0 amide bonds. The molecule has 3 aromatic heterocycles. The molecule has 0 unspecified atom stereocenters. The van der Waals surface area contributed by atoms with Gasteiger partial charge in [-0.05, 0) is 30.3 Å². The Balaban J connectivity index is 1.52. The van der Waals surface area contributed by atoms with Crippen LogP contribution in [0.25, 0.3) is 16.6 Å². The number of pyridine rings is 3. The van der Waals surface area contributed by atoms with E-state index in [9.17, 15) is 13.2 Å². The van der Waals surface area contributed by atoms with Gasteiger partial charge in [0.1, 0.15) is 5.69 Å². The van der Waals surface area contributed by atoms with E-state index < -0.39 is 11.9 Å². The average molecular weight is 471 g/mol. The van der Waals surface area contributed by atoms with Crippen molar-refractivity contribution in [2.45, 2.75) is 6.18 Å². The van der Waals surface area contributed by atoms with E-state index in [1.54, 1.807) is 18.3 Å². The average Bonchev–Trinajstić information content (AvgIpc) is 2.84. The number of anilines is 1. The molecule has 0 radical (unpaired) electrons. The van der Waals surface area contributed by atoms with E-state index in [0.717, 1.165) is 57.2 Å². The van der Waals surface area contributed by atoms with Crippen LogP contribution in [-0.4, -0.2) is 64.8 Å². The molecule has 4 heterocycles. The molecular weight excluding hydrogens is 445 g/mol. The summed E-state index contributed by atoms with van der Waals surface area (Å²) in [5.74, 6) is 0. The number of nitrogens with zero attached hydrogens (tertiary/aromatic N) is 4. The van der Waals surface area contributed by atoms with Crippen LogP contribution in [0.5, 0.6) is 0 Å². The second-order valence-corrected chi connectivity index (χ2v) is 7.84. The summed E-state index contributed by atoms with van der Waals surface area (Å²) >= 11 is 0. The highest BCUT2D eigenvalue weighted by Crippen LogP contribution is 2.28. The molecule has 0 spiro atoms. The third kappa shape index (κ3) is 5.49. The van der Waals surface area contributed by atoms with E-state index in [2.05, 4.69) is 30.5 Å². The summed E-state index contributed by atoms with van der Waals surface area (Å²) < 4.78 is 39.1. The van der Waals surface area contributed by atoms with Gasteiger partial charge < -0.3 is 16.4 Å². The van der Waals surface area contributed by atoms with Gasteiger partial charge in [0, 0.05) is 51.0 Å². The third-order valence-corrected chi connectivity index (χ3v) is 5.51. The Morgan fingerprint density at radius 1 is 1.12 bits per heavy atom. The van der Waals surface area contributed by atoms with Crippen molar-refractivity contribution in [1.29, 1.82) is 5.41 Å². The number of nitrogens with one attached hydrogen (secondary N) is 3. The maximum atomic E-state index is 13.0. The Hall–Kier alpha value is -3.57. The van der Waals surface area contributed by atoms with Crippen LogP contribution < -0.4 is 16.4 Å². The quantitative estimate of drug-likeness (QED) is 0.393. The highest BCUT2D eigenvalue weighted by molar-refractivity contribution is 6.29. The smallest absolute Gasteiger partial charge is 0.404 e.